The molecule has 9 heteroatoms. The van der Waals surface area contributed by atoms with Crippen molar-refractivity contribution in [1.29, 1.82) is 0 Å². The van der Waals surface area contributed by atoms with Gasteiger partial charge in [0, 0.05) is 12.6 Å². The first kappa shape index (κ1) is 18.6. The molecule has 0 aromatic carbocycles. The number of hydrogen-bond acceptors (Lipinski definition) is 6. The number of nitrogens with zero attached hydrogens (tertiary/aromatic N) is 4. The minimum atomic E-state index is -0.145. The first-order valence-corrected chi connectivity index (χ1v) is 9.96. The van der Waals surface area contributed by atoms with E-state index in [1.807, 2.05) is 25.0 Å². The molecule has 2 amide bonds. The third-order valence-electron chi connectivity index (χ3n) is 5.66. The lowest BCUT2D eigenvalue weighted by Gasteiger charge is -2.24. The van der Waals surface area contributed by atoms with Gasteiger partial charge in [0.05, 0.1) is 31.1 Å². The smallest absolute Gasteiger partial charge is 0.315 e. The van der Waals surface area contributed by atoms with Gasteiger partial charge >= 0.3 is 6.03 Å². The van der Waals surface area contributed by atoms with Gasteiger partial charge < -0.3 is 25.0 Å². The maximum atomic E-state index is 12.3. The minimum absolute atomic E-state index is 0.00776. The molecule has 4 atom stereocenters. The summed E-state index contributed by atoms with van der Waals surface area (Å²) in [5.74, 6) is 0. The van der Waals surface area contributed by atoms with Crippen LogP contribution in [0.2, 0.25) is 0 Å². The van der Waals surface area contributed by atoms with E-state index < -0.39 is 0 Å². The normalized spacial score (nSPS) is 31.2. The molecular formula is C18H30N6O3. The molecule has 0 unspecified atom stereocenters. The molecule has 27 heavy (non-hydrogen) atoms. The van der Waals surface area contributed by atoms with Gasteiger partial charge in [-0.15, -0.1) is 5.10 Å². The van der Waals surface area contributed by atoms with Crippen LogP contribution in [0.3, 0.4) is 0 Å². The Morgan fingerprint density at radius 1 is 1.19 bits per heavy atom. The number of nitrogens with one attached hydrogen (secondary N) is 2. The Hall–Kier alpha value is -1.71. The third kappa shape index (κ3) is 4.25. The van der Waals surface area contributed by atoms with Gasteiger partial charge in [-0.1, -0.05) is 24.5 Å². The van der Waals surface area contributed by atoms with Gasteiger partial charge in [-0.25, -0.2) is 9.48 Å². The van der Waals surface area contributed by atoms with Gasteiger partial charge in [0.25, 0.3) is 0 Å². The van der Waals surface area contributed by atoms with Crippen molar-refractivity contribution in [2.24, 2.45) is 0 Å². The lowest BCUT2D eigenvalue weighted by atomic mass is 9.96. The number of rotatable bonds is 5. The van der Waals surface area contributed by atoms with Crippen LogP contribution in [0.15, 0.2) is 6.20 Å². The van der Waals surface area contributed by atoms with E-state index in [0.717, 1.165) is 25.1 Å². The zero-order valence-electron chi connectivity index (χ0n) is 16.1. The molecule has 2 saturated heterocycles. The fourth-order valence-corrected chi connectivity index (χ4v) is 4.34. The van der Waals surface area contributed by atoms with Crippen LogP contribution in [-0.4, -0.2) is 77.5 Å². The summed E-state index contributed by atoms with van der Waals surface area (Å²) in [4.78, 5) is 14.4. The van der Waals surface area contributed by atoms with Crippen LogP contribution in [-0.2, 0) is 16.0 Å². The van der Waals surface area contributed by atoms with Gasteiger partial charge in [0.2, 0.25) is 0 Å². The van der Waals surface area contributed by atoms with E-state index in [2.05, 4.69) is 25.8 Å². The Bertz CT molecular complexity index is 645. The molecule has 0 spiro atoms. The summed E-state index contributed by atoms with van der Waals surface area (Å²) >= 11 is 0. The van der Waals surface area contributed by atoms with Gasteiger partial charge in [-0.2, -0.15) is 0 Å². The second-order valence-corrected chi connectivity index (χ2v) is 8.15. The van der Waals surface area contributed by atoms with E-state index in [1.54, 1.807) is 0 Å². The van der Waals surface area contributed by atoms with E-state index in [1.165, 1.54) is 19.3 Å². The molecule has 1 aromatic heterocycles. The second kappa shape index (κ2) is 8.12. The first-order chi connectivity index (χ1) is 13.1. The molecule has 3 fully saturated rings. The molecule has 1 aliphatic carbocycles. The SMILES string of the molecule is CN(C)Cc1cn([C@H]2CO[C@H]3[C@@H]2OC[C@@H]3NC(=O)NC2CCCCC2)nn1. The summed E-state index contributed by atoms with van der Waals surface area (Å²) in [7, 11) is 4.00. The zero-order valence-corrected chi connectivity index (χ0v) is 16.1. The Labute approximate surface area is 159 Å². The number of hydrogen-bond donors (Lipinski definition) is 2. The van der Waals surface area contributed by atoms with Crippen LogP contribution in [0, 0.1) is 0 Å². The van der Waals surface area contributed by atoms with E-state index in [0.29, 0.717) is 19.3 Å². The summed E-state index contributed by atoms with van der Waals surface area (Å²) < 4.78 is 13.8. The highest BCUT2D eigenvalue weighted by Gasteiger charge is 2.49. The predicted octanol–water partition coefficient (Wildman–Crippen LogP) is 0.679. The van der Waals surface area contributed by atoms with Crippen molar-refractivity contribution in [1.82, 2.24) is 30.5 Å². The lowest BCUT2D eigenvalue weighted by molar-refractivity contribution is 0.0622. The Balaban J connectivity index is 1.31. The van der Waals surface area contributed by atoms with Crippen LogP contribution in [0.4, 0.5) is 4.79 Å². The lowest BCUT2D eigenvalue weighted by Crippen LogP contribution is -2.50. The summed E-state index contributed by atoms with van der Waals surface area (Å²) in [6, 6.07) is 0.0385. The van der Waals surface area contributed by atoms with Crippen LogP contribution < -0.4 is 10.6 Å². The average Bonchev–Trinajstić information content (AvgIpc) is 3.33. The molecule has 9 nitrogen and oxygen atoms in total. The van der Waals surface area contributed by atoms with Crippen molar-refractivity contribution in [2.75, 3.05) is 27.3 Å². The van der Waals surface area contributed by atoms with Crippen molar-refractivity contribution in [2.45, 2.75) is 69.0 Å². The summed E-state index contributed by atoms with van der Waals surface area (Å²) in [6.45, 7) is 1.72. The summed E-state index contributed by atoms with van der Waals surface area (Å²) in [5.41, 5.74) is 0.919. The topological polar surface area (TPSA) is 93.5 Å². The average molecular weight is 378 g/mol. The molecule has 0 radical (unpaired) electrons. The predicted molar refractivity (Wildman–Crippen MR) is 98.3 cm³/mol. The molecule has 1 aromatic rings. The fourth-order valence-electron chi connectivity index (χ4n) is 4.34. The number of carbonyl (C=O) groups excluding carboxylic acids is 1. The number of ether oxygens (including phenoxy) is 2. The van der Waals surface area contributed by atoms with Crippen LogP contribution in [0.25, 0.3) is 0 Å². The highest BCUT2D eigenvalue weighted by atomic mass is 16.6. The molecule has 2 N–H and O–H groups in total. The maximum Gasteiger partial charge on any atom is 0.315 e. The second-order valence-electron chi connectivity index (χ2n) is 8.15. The quantitative estimate of drug-likeness (QED) is 0.783. The van der Waals surface area contributed by atoms with Crippen LogP contribution >= 0.6 is 0 Å². The van der Waals surface area contributed by atoms with E-state index in [-0.39, 0.29) is 30.3 Å². The highest BCUT2D eigenvalue weighted by Crippen LogP contribution is 2.34. The van der Waals surface area contributed by atoms with E-state index in [4.69, 9.17) is 9.47 Å². The molecule has 2 aliphatic heterocycles. The molecule has 0 bridgehead atoms. The third-order valence-corrected chi connectivity index (χ3v) is 5.66. The minimum Gasteiger partial charge on any atom is -0.371 e. The van der Waals surface area contributed by atoms with Crippen molar-refractivity contribution in [3.05, 3.63) is 11.9 Å². The van der Waals surface area contributed by atoms with Crippen molar-refractivity contribution < 1.29 is 14.3 Å². The summed E-state index contributed by atoms with van der Waals surface area (Å²) in [5, 5.41) is 14.6. The molecule has 3 aliphatic rings. The Kier molecular flexibility index (Phi) is 5.60. The monoisotopic (exact) mass is 378 g/mol. The molecular weight excluding hydrogens is 348 g/mol. The molecule has 1 saturated carbocycles. The van der Waals surface area contributed by atoms with Crippen molar-refractivity contribution >= 4 is 6.03 Å². The van der Waals surface area contributed by atoms with Gasteiger partial charge in [0.15, 0.2) is 0 Å². The number of urea groups is 1. The zero-order chi connectivity index (χ0) is 18.8. The number of fused-ring (bicyclic) bond motifs is 1. The molecule has 150 valence electrons. The van der Waals surface area contributed by atoms with Gasteiger partial charge in [0.1, 0.15) is 18.2 Å². The fraction of sp³-hybridized carbons (Fsp3) is 0.833. The molecule has 4 rings (SSSR count). The summed E-state index contributed by atoms with van der Waals surface area (Å²) in [6.07, 6.45) is 7.50. The van der Waals surface area contributed by atoms with E-state index in [9.17, 15) is 4.79 Å². The van der Waals surface area contributed by atoms with Gasteiger partial charge in [-0.05, 0) is 26.9 Å². The number of aromatic nitrogens is 3. The van der Waals surface area contributed by atoms with Crippen molar-refractivity contribution in [3.63, 3.8) is 0 Å². The molecule has 3 heterocycles. The Morgan fingerprint density at radius 2 is 1.96 bits per heavy atom. The Morgan fingerprint density at radius 3 is 2.74 bits per heavy atom. The first-order valence-electron chi connectivity index (χ1n) is 9.96. The number of amides is 2. The van der Waals surface area contributed by atoms with Crippen LogP contribution in [0.1, 0.15) is 43.8 Å². The maximum absolute atomic E-state index is 12.3. The number of carbonyl (C=O) groups is 1. The van der Waals surface area contributed by atoms with Crippen LogP contribution in [0.5, 0.6) is 0 Å². The highest BCUT2D eigenvalue weighted by molar-refractivity contribution is 5.74. The standard InChI is InChI=1S/C18H30N6O3/c1-23(2)8-13-9-24(22-21-13)15-11-27-16-14(10-26-17(15)16)20-18(25)19-12-6-4-3-5-7-12/h9,12,14-17H,3-8,10-11H2,1-2H3,(H2,19,20,25)/t14-,15-,16+,17+/m0/s1. The van der Waals surface area contributed by atoms with E-state index >= 15 is 0 Å². The van der Waals surface area contributed by atoms with Crippen molar-refractivity contribution in [3.8, 4) is 0 Å². The van der Waals surface area contributed by atoms with Gasteiger partial charge in [-0.3, -0.25) is 0 Å². The largest absolute Gasteiger partial charge is 0.371 e.